The van der Waals surface area contributed by atoms with Crippen LogP contribution in [0.25, 0.3) is 0 Å². The van der Waals surface area contributed by atoms with Crippen LogP contribution in [0.1, 0.15) is 37.4 Å². The number of nitrogens with zero attached hydrogens (tertiary/aromatic N) is 2. The number of anilines is 1. The van der Waals surface area contributed by atoms with E-state index in [0.29, 0.717) is 11.3 Å². The fraction of sp³-hybridized carbons (Fsp3) is 0.421. The number of benzene rings is 1. The van der Waals surface area contributed by atoms with Crippen molar-refractivity contribution < 1.29 is 19.1 Å². The lowest BCUT2D eigenvalue weighted by Gasteiger charge is -2.12. The molecule has 1 aromatic heterocycles. The highest BCUT2D eigenvalue weighted by molar-refractivity contribution is 5.89. The van der Waals surface area contributed by atoms with E-state index in [1.807, 2.05) is 0 Å². The number of hydrogen-bond donors (Lipinski definition) is 4. The first-order valence-corrected chi connectivity index (χ1v) is 9.30. The maximum absolute atomic E-state index is 12.9. The Balaban J connectivity index is 1.41. The Kier molecular flexibility index (Phi) is 6.59. The molecular formula is C19H24FN5O3. The van der Waals surface area contributed by atoms with Gasteiger partial charge in [-0.15, -0.1) is 0 Å². The van der Waals surface area contributed by atoms with Gasteiger partial charge in [-0.05, 0) is 30.5 Å². The summed E-state index contributed by atoms with van der Waals surface area (Å²) in [5.41, 5.74) is 0.935. The molecule has 1 unspecified atom stereocenters. The van der Waals surface area contributed by atoms with Gasteiger partial charge >= 0.3 is 6.03 Å². The second-order valence-corrected chi connectivity index (χ2v) is 6.88. The molecule has 3 amide bonds. The molecule has 9 heteroatoms. The van der Waals surface area contributed by atoms with Crippen LogP contribution >= 0.6 is 0 Å². The molecule has 0 saturated heterocycles. The number of amides is 3. The minimum Gasteiger partial charge on any atom is -0.387 e. The van der Waals surface area contributed by atoms with Crippen LogP contribution in [0.5, 0.6) is 0 Å². The number of carbonyl (C=O) groups is 2. The number of carbonyl (C=O) groups excluding carboxylic acids is 2. The zero-order chi connectivity index (χ0) is 19.9. The second kappa shape index (κ2) is 9.32. The second-order valence-electron chi connectivity index (χ2n) is 6.88. The molecule has 1 saturated carbocycles. The van der Waals surface area contributed by atoms with E-state index in [-0.39, 0.29) is 25.0 Å². The van der Waals surface area contributed by atoms with Gasteiger partial charge in [-0.2, -0.15) is 5.10 Å². The van der Waals surface area contributed by atoms with E-state index < -0.39 is 18.0 Å². The molecule has 2 aromatic rings. The fourth-order valence-corrected chi connectivity index (χ4v) is 3.17. The minimum absolute atomic E-state index is 0.0323. The summed E-state index contributed by atoms with van der Waals surface area (Å²) in [4.78, 5) is 24.0. The van der Waals surface area contributed by atoms with Crippen molar-refractivity contribution in [3.05, 3.63) is 48.0 Å². The van der Waals surface area contributed by atoms with Gasteiger partial charge in [0.05, 0.1) is 18.0 Å². The number of hydrogen-bond acceptors (Lipinski definition) is 4. The minimum atomic E-state index is -0.951. The number of rotatable bonds is 7. The fourth-order valence-electron chi connectivity index (χ4n) is 3.17. The zero-order valence-corrected chi connectivity index (χ0v) is 15.4. The van der Waals surface area contributed by atoms with Crippen molar-refractivity contribution >= 4 is 17.6 Å². The highest BCUT2D eigenvalue weighted by Crippen LogP contribution is 2.17. The molecule has 0 radical (unpaired) electrons. The molecule has 150 valence electrons. The summed E-state index contributed by atoms with van der Waals surface area (Å²) in [7, 11) is 0. The largest absolute Gasteiger partial charge is 0.387 e. The first kappa shape index (κ1) is 19.8. The summed E-state index contributed by atoms with van der Waals surface area (Å²) < 4.78 is 14.3. The molecule has 4 N–H and O–H groups in total. The topological polar surface area (TPSA) is 108 Å². The van der Waals surface area contributed by atoms with E-state index in [1.54, 1.807) is 6.20 Å². The highest BCUT2D eigenvalue weighted by atomic mass is 19.1. The third-order valence-electron chi connectivity index (χ3n) is 4.63. The lowest BCUT2D eigenvalue weighted by Crippen LogP contribution is -2.35. The van der Waals surface area contributed by atoms with Gasteiger partial charge in [0.25, 0.3) is 0 Å². The Morgan fingerprint density at radius 1 is 1.25 bits per heavy atom. The van der Waals surface area contributed by atoms with Crippen LogP contribution < -0.4 is 16.0 Å². The Hall–Kier alpha value is -2.94. The molecule has 1 aliphatic rings. The van der Waals surface area contributed by atoms with Gasteiger partial charge in [-0.1, -0.05) is 25.0 Å². The molecule has 1 atom stereocenters. The van der Waals surface area contributed by atoms with Crippen LogP contribution in [0.15, 0.2) is 36.7 Å². The van der Waals surface area contributed by atoms with Crippen molar-refractivity contribution in [1.82, 2.24) is 20.4 Å². The van der Waals surface area contributed by atoms with Gasteiger partial charge in [0.15, 0.2) is 0 Å². The summed E-state index contributed by atoms with van der Waals surface area (Å²) >= 11 is 0. The quantitative estimate of drug-likeness (QED) is 0.580. The molecule has 1 aromatic carbocycles. The van der Waals surface area contributed by atoms with Crippen LogP contribution in [-0.2, 0) is 11.3 Å². The van der Waals surface area contributed by atoms with E-state index in [9.17, 15) is 19.1 Å². The highest BCUT2D eigenvalue weighted by Gasteiger charge is 2.17. The number of aliphatic hydroxyl groups is 1. The molecule has 3 rings (SSSR count). The van der Waals surface area contributed by atoms with Gasteiger partial charge < -0.3 is 21.1 Å². The van der Waals surface area contributed by atoms with E-state index in [1.165, 1.54) is 35.1 Å². The number of aliphatic hydroxyl groups excluding tert-OH is 1. The molecule has 1 aliphatic carbocycles. The molecule has 0 bridgehead atoms. The molecule has 8 nitrogen and oxygen atoms in total. The van der Waals surface area contributed by atoms with Crippen molar-refractivity contribution in [3.63, 3.8) is 0 Å². The normalized spacial score (nSPS) is 15.2. The summed E-state index contributed by atoms with van der Waals surface area (Å²) in [5.74, 6) is -0.496. The Labute approximate surface area is 162 Å². The zero-order valence-electron chi connectivity index (χ0n) is 15.4. The molecule has 1 fully saturated rings. The van der Waals surface area contributed by atoms with Crippen LogP contribution in [0.4, 0.5) is 14.9 Å². The van der Waals surface area contributed by atoms with Crippen LogP contribution in [0, 0.1) is 5.82 Å². The summed E-state index contributed by atoms with van der Waals surface area (Å²) in [6.45, 7) is 0.0540. The first-order valence-electron chi connectivity index (χ1n) is 9.30. The SMILES string of the molecule is O=C(Cn1cc(NC(=O)NCC(O)c2ccc(F)cc2)cn1)NC1CCCC1. The lowest BCUT2D eigenvalue weighted by molar-refractivity contribution is -0.122. The monoisotopic (exact) mass is 389 g/mol. The number of halogens is 1. The van der Waals surface area contributed by atoms with Gasteiger partial charge in [-0.3, -0.25) is 9.48 Å². The summed E-state index contributed by atoms with van der Waals surface area (Å²) in [5, 5.41) is 22.2. The lowest BCUT2D eigenvalue weighted by atomic mass is 10.1. The van der Waals surface area contributed by atoms with Crippen molar-refractivity contribution in [3.8, 4) is 0 Å². The standard InChI is InChI=1S/C19H24FN5O3/c20-14-7-5-13(6-8-14)17(26)10-21-19(28)24-16-9-22-25(11-16)12-18(27)23-15-3-1-2-4-15/h5-9,11,15,17,26H,1-4,10,12H2,(H,23,27)(H2,21,24,28). The smallest absolute Gasteiger partial charge is 0.319 e. The third kappa shape index (κ3) is 5.78. The summed E-state index contributed by atoms with van der Waals surface area (Å²) in [6, 6.07) is 5.14. The van der Waals surface area contributed by atoms with Crippen molar-refractivity contribution in [2.24, 2.45) is 0 Å². The first-order chi connectivity index (χ1) is 13.5. The van der Waals surface area contributed by atoms with Crippen molar-refractivity contribution in [2.45, 2.75) is 44.4 Å². The number of nitrogens with one attached hydrogen (secondary N) is 3. The number of aromatic nitrogens is 2. The predicted molar refractivity (Wildman–Crippen MR) is 101 cm³/mol. The third-order valence-corrected chi connectivity index (χ3v) is 4.63. The van der Waals surface area contributed by atoms with Crippen LogP contribution in [-0.4, -0.2) is 39.4 Å². The maximum Gasteiger partial charge on any atom is 0.319 e. The van der Waals surface area contributed by atoms with Gasteiger partial charge in [-0.25, -0.2) is 9.18 Å². The van der Waals surface area contributed by atoms with Crippen LogP contribution in [0.3, 0.4) is 0 Å². The molecular weight excluding hydrogens is 365 g/mol. The van der Waals surface area contributed by atoms with Crippen molar-refractivity contribution in [2.75, 3.05) is 11.9 Å². The maximum atomic E-state index is 12.9. The average molecular weight is 389 g/mol. The van der Waals surface area contributed by atoms with Gasteiger partial charge in [0.2, 0.25) is 5.91 Å². The molecule has 0 spiro atoms. The van der Waals surface area contributed by atoms with Gasteiger partial charge in [0.1, 0.15) is 12.4 Å². The predicted octanol–water partition coefficient (Wildman–Crippen LogP) is 1.94. The van der Waals surface area contributed by atoms with Crippen LogP contribution in [0.2, 0.25) is 0 Å². The van der Waals surface area contributed by atoms with E-state index in [0.717, 1.165) is 25.7 Å². The average Bonchev–Trinajstić information content (AvgIpc) is 3.32. The molecule has 1 heterocycles. The Morgan fingerprint density at radius 3 is 2.68 bits per heavy atom. The number of urea groups is 1. The molecule has 28 heavy (non-hydrogen) atoms. The van der Waals surface area contributed by atoms with E-state index in [2.05, 4.69) is 21.0 Å². The van der Waals surface area contributed by atoms with E-state index in [4.69, 9.17) is 0 Å². The van der Waals surface area contributed by atoms with Gasteiger partial charge in [0, 0.05) is 18.8 Å². The van der Waals surface area contributed by atoms with Crippen molar-refractivity contribution in [1.29, 1.82) is 0 Å². The summed E-state index contributed by atoms with van der Waals surface area (Å²) in [6.07, 6.45) is 6.37. The Bertz CT molecular complexity index is 802. The van der Waals surface area contributed by atoms with E-state index >= 15 is 0 Å². The Morgan fingerprint density at radius 2 is 1.96 bits per heavy atom. The molecule has 0 aliphatic heterocycles.